The molecular weight excluding hydrogens is 260 g/mol. The quantitative estimate of drug-likeness (QED) is 0.719. The summed E-state index contributed by atoms with van der Waals surface area (Å²) < 4.78 is 0. The van der Waals surface area contributed by atoms with Crippen LogP contribution in [-0.4, -0.2) is 20.0 Å². The zero-order valence-electron chi connectivity index (χ0n) is 11.0. The molecule has 2 N–H and O–H groups in total. The van der Waals surface area contributed by atoms with E-state index in [1.54, 1.807) is 12.1 Å². The van der Waals surface area contributed by atoms with Crippen molar-refractivity contribution in [2.75, 3.05) is 19.4 Å². The summed E-state index contributed by atoms with van der Waals surface area (Å²) in [6.45, 7) is 0. The zero-order chi connectivity index (χ0) is 13.0. The third-order valence-electron chi connectivity index (χ3n) is 2.76. The first kappa shape index (κ1) is 15.2. The Balaban J connectivity index is 0.00000180. The van der Waals surface area contributed by atoms with Crippen LogP contribution < -0.4 is 22.6 Å². The smallest absolute Gasteiger partial charge is 0.255 e. The van der Waals surface area contributed by atoms with Crippen molar-refractivity contribution in [3.63, 3.8) is 0 Å². The summed E-state index contributed by atoms with van der Waals surface area (Å²) in [5.41, 5.74) is 2.67. The number of hydrogen-bond acceptors (Lipinski definition) is 1. The van der Waals surface area contributed by atoms with Crippen molar-refractivity contribution >= 4 is 17.3 Å². The van der Waals surface area contributed by atoms with Crippen LogP contribution >= 0.6 is 0 Å². The highest BCUT2D eigenvalue weighted by Crippen LogP contribution is 2.11. The van der Waals surface area contributed by atoms with Gasteiger partial charge in [0.1, 0.15) is 5.69 Å². The molecule has 2 aromatic rings. The van der Waals surface area contributed by atoms with Gasteiger partial charge in [-0.25, -0.2) is 0 Å². The Labute approximate surface area is 119 Å². The fourth-order valence-electron chi connectivity index (χ4n) is 1.68. The summed E-state index contributed by atoms with van der Waals surface area (Å²) in [4.78, 5) is 13.2. The molecule has 0 aliphatic carbocycles. The number of amides is 1. The summed E-state index contributed by atoms with van der Waals surface area (Å²) in [6, 6.07) is 17.1. The summed E-state index contributed by atoms with van der Waals surface area (Å²) in [5, 5.41) is 2.88. The molecule has 0 radical (unpaired) electrons. The first-order valence-electron chi connectivity index (χ1n) is 5.94. The van der Waals surface area contributed by atoms with Crippen molar-refractivity contribution in [2.24, 2.45) is 0 Å². The van der Waals surface area contributed by atoms with Gasteiger partial charge in [0.25, 0.3) is 5.91 Å². The average Bonchev–Trinajstić information content (AvgIpc) is 2.40. The third-order valence-corrected chi connectivity index (χ3v) is 2.76. The van der Waals surface area contributed by atoms with Crippen LogP contribution in [0, 0.1) is 0 Å². The molecule has 4 heteroatoms. The molecule has 0 saturated heterocycles. The molecule has 2 rings (SSSR count). The summed E-state index contributed by atoms with van der Waals surface area (Å²) in [5.74, 6) is -0.0828. The van der Waals surface area contributed by atoms with E-state index in [2.05, 4.69) is 19.4 Å². The van der Waals surface area contributed by atoms with Crippen LogP contribution in [0.5, 0.6) is 0 Å². The van der Waals surface area contributed by atoms with Gasteiger partial charge in [0.05, 0.1) is 14.1 Å². The molecule has 3 nitrogen and oxygen atoms in total. The number of nitrogens with one attached hydrogen (secondary N) is 2. The molecule has 0 fully saturated rings. The lowest BCUT2D eigenvalue weighted by Crippen LogP contribution is -3.00. The van der Waals surface area contributed by atoms with E-state index in [9.17, 15) is 4.79 Å². The van der Waals surface area contributed by atoms with Crippen molar-refractivity contribution in [3.05, 3.63) is 60.2 Å². The number of halogens is 1. The predicted octanol–water partition coefficient (Wildman–Crippen LogP) is -1.28. The maximum absolute atomic E-state index is 11.9. The van der Waals surface area contributed by atoms with Crippen LogP contribution in [0.2, 0.25) is 0 Å². The highest BCUT2D eigenvalue weighted by molar-refractivity contribution is 6.04. The maximum Gasteiger partial charge on any atom is 0.255 e. The molecule has 0 spiro atoms. The molecule has 0 aliphatic heterocycles. The normalized spacial score (nSPS) is 9.84. The third kappa shape index (κ3) is 4.09. The van der Waals surface area contributed by atoms with Crippen molar-refractivity contribution in [1.29, 1.82) is 0 Å². The van der Waals surface area contributed by atoms with Gasteiger partial charge in [0.2, 0.25) is 0 Å². The SMILES string of the molecule is C[NH+](C)c1ccc(NC(=O)c2ccccc2)cc1.[Cl-]. The van der Waals surface area contributed by atoms with E-state index in [1.165, 1.54) is 10.6 Å². The molecular formula is C15H17ClN2O. The Kier molecular flexibility index (Phi) is 5.55. The van der Waals surface area contributed by atoms with Crippen molar-refractivity contribution < 1.29 is 22.1 Å². The fourth-order valence-corrected chi connectivity index (χ4v) is 1.68. The predicted molar refractivity (Wildman–Crippen MR) is 73.3 cm³/mol. The van der Waals surface area contributed by atoms with Gasteiger partial charge < -0.3 is 22.6 Å². The van der Waals surface area contributed by atoms with Crippen LogP contribution in [0.1, 0.15) is 10.4 Å². The molecule has 0 unspecified atom stereocenters. The van der Waals surface area contributed by atoms with E-state index in [-0.39, 0.29) is 18.3 Å². The van der Waals surface area contributed by atoms with Gasteiger partial charge in [-0.05, 0) is 24.3 Å². The average molecular weight is 277 g/mol. The summed E-state index contributed by atoms with van der Waals surface area (Å²) in [7, 11) is 4.13. The van der Waals surface area contributed by atoms with Crippen LogP contribution in [0.15, 0.2) is 54.6 Å². The first-order valence-corrected chi connectivity index (χ1v) is 5.94. The molecule has 0 saturated carbocycles. The molecule has 1 amide bonds. The van der Waals surface area contributed by atoms with Gasteiger partial charge in [-0.15, -0.1) is 0 Å². The monoisotopic (exact) mass is 276 g/mol. The minimum atomic E-state index is -0.0828. The molecule has 2 aromatic carbocycles. The molecule has 0 aromatic heterocycles. The Morgan fingerprint density at radius 3 is 2.05 bits per heavy atom. The lowest BCUT2D eigenvalue weighted by molar-refractivity contribution is -0.786. The van der Waals surface area contributed by atoms with Gasteiger partial charge in [0.15, 0.2) is 0 Å². The van der Waals surface area contributed by atoms with Gasteiger partial charge in [-0.1, -0.05) is 18.2 Å². The fraction of sp³-hybridized carbons (Fsp3) is 0.133. The second-order valence-corrected chi connectivity index (χ2v) is 4.40. The van der Waals surface area contributed by atoms with Gasteiger partial charge in [0, 0.05) is 23.4 Å². The lowest BCUT2D eigenvalue weighted by atomic mass is 10.2. The Bertz CT molecular complexity index is 524. The van der Waals surface area contributed by atoms with E-state index >= 15 is 0 Å². The Hall–Kier alpha value is -1.84. The van der Waals surface area contributed by atoms with Crippen molar-refractivity contribution in [2.45, 2.75) is 0 Å². The largest absolute Gasteiger partial charge is 1.00 e. The Morgan fingerprint density at radius 2 is 1.53 bits per heavy atom. The number of hydrogen-bond donors (Lipinski definition) is 2. The maximum atomic E-state index is 11.9. The first-order chi connectivity index (χ1) is 8.66. The van der Waals surface area contributed by atoms with Crippen LogP contribution in [-0.2, 0) is 0 Å². The molecule has 0 heterocycles. The number of quaternary nitrogens is 1. The summed E-state index contributed by atoms with van der Waals surface area (Å²) in [6.07, 6.45) is 0. The second kappa shape index (κ2) is 6.92. The number of rotatable bonds is 3. The van der Waals surface area contributed by atoms with E-state index in [1.807, 2.05) is 42.5 Å². The Morgan fingerprint density at radius 1 is 0.947 bits per heavy atom. The van der Waals surface area contributed by atoms with Crippen molar-refractivity contribution in [1.82, 2.24) is 0 Å². The van der Waals surface area contributed by atoms with Gasteiger partial charge >= 0.3 is 0 Å². The number of carbonyl (C=O) groups excluding carboxylic acids is 1. The lowest BCUT2D eigenvalue weighted by Gasteiger charge is -2.08. The highest BCUT2D eigenvalue weighted by atomic mass is 35.5. The minimum absolute atomic E-state index is 0. The van der Waals surface area contributed by atoms with E-state index in [0.29, 0.717) is 5.56 Å². The topological polar surface area (TPSA) is 33.5 Å². The number of carbonyl (C=O) groups is 1. The van der Waals surface area contributed by atoms with E-state index in [4.69, 9.17) is 0 Å². The number of anilines is 1. The van der Waals surface area contributed by atoms with Crippen LogP contribution in [0.4, 0.5) is 11.4 Å². The van der Waals surface area contributed by atoms with Crippen LogP contribution in [0.3, 0.4) is 0 Å². The number of benzene rings is 2. The summed E-state index contributed by atoms with van der Waals surface area (Å²) >= 11 is 0. The molecule has 100 valence electrons. The molecule has 0 aliphatic rings. The molecule has 0 atom stereocenters. The van der Waals surface area contributed by atoms with E-state index in [0.717, 1.165) is 5.69 Å². The van der Waals surface area contributed by atoms with Gasteiger partial charge in [-0.3, -0.25) is 4.79 Å². The van der Waals surface area contributed by atoms with Crippen molar-refractivity contribution in [3.8, 4) is 0 Å². The zero-order valence-corrected chi connectivity index (χ0v) is 11.7. The van der Waals surface area contributed by atoms with E-state index < -0.39 is 0 Å². The van der Waals surface area contributed by atoms with Crippen LogP contribution in [0.25, 0.3) is 0 Å². The van der Waals surface area contributed by atoms with Gasteiger partial charge in [-0.2, -0.15) is 0 Å². The standard InChI is InChI=1S/C15H16N2O.ClH/c1-17(2)14-10-8-13(9-11-14)16-15(18)12-6-4-3-5-7-12;/h3-11H,1-2H3,(H,16,18);1H. The minimum Gasteiger partial charge on any atom is -1.00 e. The molecule has 19 heavy (non-hydrogen) atoms. The highest BCUT2D eigenvalue weighted by Gasteiger charge is 2.05. The second-order valence-electron chi connectivity index (χ2n) is 4.40. The molecule has 0 bridgehead atoms.